The normalized spacial score (nSPS) is 21.8. The second kappa shape index (κ2) is 25.3. The molecular weight excluding hydrogens is 1050 g/mol. The Kier molecular flexibility index (Phi) is 18.2. The molecule has 0 bridgehead atoms. The topological polar surface area (TPSA) is 273 Å². The first-order chi connectivity index (χ1) is 38.9. The maximum absolute atomic E-state index is 15.4. The van der Waals surface area contributed by atoms with E-state index in [-0.39, 0.29) is 76.2 Å². The number of aryl methyl sites for hydroxylation is 1. The number of allylic oxidation sites excluding steroid dienone is 2. The lowest BCUT2D eigenvalue weighted by molar-refractivity contribution is -0.172. The number of amides is 5. The molecule has 0 radical (unpaired) electrons. The number of nitrogens with zero attached hydrogens (tertiary/aromatic N) is 2. The molecule has 3 aliphatic carbocycles. The molecule has 0 spiro atoms. The first-order valence-electron chi connectivity index (χ1n) is 28.0. The van der Waals surface area contributed by atoms with E-state index in [1.54, 1.807) is 65.0 Å². The molecule has 3 unspecified atom stereocenters. The van der Waals surface area contributed by atoms with Gasteiger partial charge in [0.2, 0.25) is 17.7 Å². The number of alkyl carbamates (subject to hydrolysis) is 2. The molecular formula is C59H72FN7O14. The smallest absolute Gasteiger partial charge is 0.407 e. The lowest BCUT2D eigenvalue weighted by Gasteiger charge is -2.31. The van der Waals surface area contributed by atoms with E-state index in [2.05, 4.69) is 38.7 Å². The number of carbonyl (C=O) groups is 6. The molecule has 8 atom stereocenters. The van der Waals surface area contributed by atoms with Crippen LogP contribution >= 0.6 is 0 Å². The van der Waals surface area contributed by atoms with Crippen molar-refractivity contribution >= 4 is 52.5 Å². The highest BCUT2D eigenvalue weighted by Crippen LogP contribution is 2.53. The summed E-state index contributed by atoms with van der Waals surface area (Å²) >= 11 is 0. The Morgan fingerprint density at radius 1 is 0.889 bits per heavy atom. The minimum atomic E-state index is -2.02. The highest BCUT2D eigenvalue weighted by atomic mass is 19.1. The molecule has 1 fully saturated rings. The van der Waals surface area contributed by atoms with Gasteiger partial charge >= 0.3 is 18.2 Å². The first-order valence-corrected chi connectivity index (χ1v) is 28.0. The first kappa shape index (κ1) is 58.4. The van der Waals surface area contributed by atoms with Crippen LogP contribution in [0.2, 0.25) is 0 Å². The minimum absolute atomic E-state index is 0.0240. The molecule has 4 heterocycles. The van der Waals surface area contributed by atoms with Gasteiger partial charge in [0.1, 0.15) is 37.7 Å². The number of hydrogen-bond acceptors (Lipinski definition) is 15. The van der Waals surface area contributed by atoms with Crippen molar-refractivity contribution in [1.29, 1.82) is 0 Å². The van der Waals surface area contributed by atoms with Crippen molar-refractivity contribution in [2.24, 2.45) is 23.7 Å². The lowest BCUT2D eigenvalue weighted by Crippen LogP contribution is -2.53. The van der Waals surface area contributed by atoms with E-state index >= 15 is 4.39 Å². The Hall–Kier alpha value is -7.27. The fourth-order valence-corrected chi connectivity index (χ4v) is 11.6. The number of nitrogens with one attached hydrogen (secondary N) is 5. The van der Waals surface area contributed by atoms with Crippen molar-refractivity contribution in [2.45, 2.75) is 136 Å². The van der Waals surface area contributed by atoms with Crippen LogP contribution in [0.4, 0.5) is 19.7 Å². The van der Waals surface area contributed by atoms with Crippen LogP contribution in [-0.2, 0) is 79.4 Å². The van der Waals surface area contributed by atoms with Crippen LogP contribution in [-0.4, -0.2) is 108 Å². The number of benzene rings is 2. The van der Waals surface area contributed by atoms with Crippen LogP contribution in [0.15, 0.2) is 53.3 Å². The summed E-state index contributed by atoms with van der Waals surface area (Å²) in [6.07, 6.45) is 7.63. The summed E-state index contributed by atoms with van der Waals surface area (Å²) < 4.78 is 49.9. The molecule has 2 aromatic heterocycles. The van der Waals surface area contributed by atoms with Gasteiger partial charge < -0.3 is 64.7 Å². The molecule has 9 rings (SSSR count). The van der Waals surface area contributed by atoms with E-state index in [1.165, 1.54) is 17.6 Å². The van der Waals surface area contributed by atoms with E-state index in [4.69, 9.17) is 33.4 Å². The number of halogens is 1. The predicted molar refractivity (Wildman–Crippen MR) is 293 cm³/mol. The van der Waals surface area contributed by atoms with Gasteiger partial charge in [0.15, 0.2) is 11.9 Å². The molecule has 21 nitrogen and oxygen atoms in total. The zero-order valence-electron chi connectivity index (χ0n) is 46.6. The molecule has 22 heteroatoms. The summed E-state index contributed by atoms with van der Waals surface area (Å²) in [7, 11) is 0. The van der Waals surface area contributed by atoms with Crippen molar-refractivity contribution in [3.63, 3.8) is 0 Å². The predicted octanol–water partition coefficient (Wildman–Crippen LogP) is 6.14. The number of aromatic nitrogens is 2. The largest absolute Gasteiger partial charge is 0.458 e. The number of aliphatic hydroxyl groups is 1. The number of ether oxygens (including phenoxy) is 6. The summed E-state index contributed by atoms with van der Waals surface area (Å²) in [4.78, 5) is 96.4. The number of fused-ring (bicyclic) bond motifs is 6. The van der Waals surface area contributed by atoms with Crippen LogP contribution in [0.5, 0.6) is 0 Å². The SMILES string of the molecule is CC[C@@]1(O)C(=O)OCc2c1cc1n(c2=O)Cc2c-1nc1cc(F)c(C)c3c1c2C(NC(=O)COC(C)OCc1ccc(NC(=O)[C@H](C)NC(=O)[C@@H](NC(=O)OCCOCCNC(=O)OCC2[C@H]4CC/C=C\CC[C@@H]24)C(C)C)cc1)CC3. The third kappa shape index (κ3) is 12.9. The van der Waals surface area contributed by atoms with Gasteiger partial charge in [-0.15, -0.1) is 0 Å². The molecule has 0 saturated heterocycles. The highest BCUT2D eigenvalue weighted by Gasteiger charge is 2.49. The van der Waals surface area contributed by atoms with E-state index in [9.17, 15) is 38.7 Å². The Morgan fingerprint density at radius 3 is 2.35 bits per heavy atom. The lowest BCUT2D eigenvalue weighted by atomic mass is 9.81. The summed E-state index contributed by atoms with van der Waals surface area (Å²) in [6.45, 7) is 10.3. The van der Waals surface area contributed by atoms with E-state index in [0.29, 0.717) is 81.9 Å². The Morgan fingerprint density at radius 2 is 1.63 bits per heavy atom. The number of rotatable bonds is 22. The van der Waals surface area contributed by atoms with Gasteiger partial charge in [-0.05, 0) is 130 Å². The molecule has 5 amide bonds. The quantitative estimate of drug-likeness (QED) is 0.0149. The summed E-state index contributed by atoms with van der Waals surface area (Å²) in [6, 6.07) is 7.23. The molecule has 4 aromatic rings. The summed E-state index contributed by atoms with van der Waals surface area (Å²) in [5, 5.41) is 25.8. The number of cyclic esters (lactones) is 1. The van der Waals surface area contributed by atoms with Gasteiger partial charge in [0, 0.05) is 34.8 Å². The standard InChI is InChI=1S/C59H72FN7O14/c1-7-59(75)43-24-47-52-40(26-67(47)55(71)42(43)29-80-56(59)72)50-45(19-18-37-32(4)44(60)25-46(65-52)49(37)50)64-48(68)30-79-34(6)78-27-35-14-16-36(17-15-35)63-53(69)33(5)62-54(70)51(31(2)3)66-58(74)77-23-22-76-21-20-61-57(73)81-28-41-38-12-10-8-9-11-13-39(38)41/h8-9,14-17,24-25,31,33-34,38-39,41,45,51,75H,7,10-13,18-23,26-30H2,1-6H3,(H,61,73)(H,62,70)(H,63,69)(H,64,68)(H,66,74)/b9-8-/t33-,34?,38-,39+,41?,45?,51-,59-/m0/s1. The number of esters is 1. The fourth-order valence-electron chi connectivity index (χ4n) is 11.6. The van der Waals surface area contributed by atoms with Gasteiger partial charge in [0.05, 0.1) is 61.5 Å². The van der Waals surface area contributed by atoms with E-state index in [1.807, 2.05) is 0 Å². The van der Waals surface area contributed by atoms with Gasteiger partial charge in [-0.3, -0.25) is 19.2 Å². The molecule has 5 aliphatic rings. The summed E-state index contributed by atoms with van der Waals surface area (Å²) in [5.74, 6) is -1.43. The van der Waals surface area contributed by atoms with Crippen molar-refractivity contribution in [3.8, 4) is 11.4 Å². The molecule has 434 valence electrons. The zero-order valence-corrected chi connectivity index (χ0v) is 46.6. The molecule has 2 aliphatic heterocycles. The third-order valence-corrected chi connectivity index (χ3v) is 16.2. The Bertz CT molecular complexity index is 3150. The minimum Gasteiger partial charge on any atom is -0.458 e. The Balaban J connectivity index is 0.691. The number of carbonyl (C=O) groups excluding carboxylic acids is 6. The number of hydrogen-bond donors (Lipinski definition) is 6. The third-order valence-electron chi connectivity index (χ3n) is 16.2. The van der Waals surface area contributed by atoms with Crippen LogP contribution in [0.1, 0.15) is 118 Å². The fraction of sp³-hybridized carbons (Fsp3) is 0.525. The van der Waals surface area contributed by atoms with Crippen molar-refractivity contribution < 1.29 is 66.7 Å². The van der Waals surface area contributed by atoms with Gasteiger partial charge in [-0.2, -0.15) is 0 Å². The highest BCUT2D eigenvalue weighted by molar-refractivity contribution is 5.98. The van der Waals surface area contributed by atoms with E-state index in [0.717, 1.165) is 36.8 Å². The maximum atomic E-state index is 15.4. The van der Waals surface area contributed by atoms with Crippen molar-refractivity contribution in [1.82, 2.24) is 30.8 Å². The van der Waals surface area contributed by atoms with Gasteiger partial charge in [-0.1, -0.05) is 45.1 Å². The van der Waals surface area contributed by atoms with Gasteiger partial charge in [-0.25, -0.2) is 23.8 Å². The number of anilines is 1. The number of pyridine rings is 2. The monoisotopic (exact) mass is 1120 g/mol. The van der Waals surface area contributed by atoms with Crippen LogP contribution in [0.3, 0.4) is 0 Å². The van der Waals surface area contributed by atoms with Crippen LogP contribution < -0.4 is 32.1 Å². The van der Waals surface area contributed by atoms with Crippen LogP contribution in [0.25, 0.3) is 22.3 Å². The molecule has 6 N–H and O–H groups in total. The van der Waals surface area contributed by atoms with Crippen molar-refractivity contribution in [3.05, 3.63) is 104 Å². The zero-order chi connectivity index (χ0) is 57.7. The second-order valence-corrected chi connectivity index (χ2v) is 21.8. The molecule has 2 aromatic carbocycles. The average molecular weight is 1120 g/mol. The summed E-state index contributed by atoms with van der Waals surface area (Å²) in [5.41, 5.74) is 2.82. The average Bonchev–Trinajstić information content (AvgIpc) is 4.21. The second-order valence-electron chi connectivity index (χ2n) is 21.8. The van der Waals surface area contributed by atoms with Crippen LogP contribution in [0, 0.1) is 36.4 Å². The molecule has 1 saturated carbocycles. The van der Waals surface area contributed by atoms with Gasteiger partial charge in [0.25, 0.3) is 5.56 Å². The molecule has 81 heavy (non-hydrogen) atoms. The maximum Gasteiger partial charge on any atom is 0.407 e. The van der Waals surface area contributed by atoms with Crippen molar-refractivity contribution in [2.75, 3.05) is 44.9 Å². The van der Waals surface area contributed by atoms with E-state index < -0.39 is 77.3 Å². The Labute approximate surface area is 468 Å².